The molecule has 3 aromatic rings. The number of benzene rings is 2. The molecule has 0 spiro atoms. The molecule has 0 saturated carbocycles. The Bertz CT molecular complexity index is 960. The first-order valence-electron chi connectivity index (χ1n) is 7.64. The van der Waals surface area contributed by atoms with Gasteiger partial charge in [0, 0.05) is 18.0 Å². The van der Waals surface area contributed by atoms with Crippen LogP contribution in [0.1, 0.15) is 15.9 Å². The number of hydrogen-bond donors (Lipinski definition) is 1. The second-order valence-corrected chi connectivity index (χ2v) is 5.38. The monoisotopic (exact) mass is 339 g/mol. The molecule has 6 heteroatoms. The summed E-state index contributed by atoms with van der Waals surface area (Å²) in [6.45, 7) is 0.295. The van der Waals surface area contributed by atoms with Crippen LogP contribution in [-0.2, 0) is 6.54 Å². The van der Waals surface area contributed by atoms with E-state index in [2.05, 4.69) is 5.32 Å². The van der Waals surface area contributed by atoms with Crippen LogP contribution < -0.4 is 20.4 Å². The summed E-state index contributed by atoms with van der Waals surface area (Å²) in [7, 11) is 3.12. The van der Waals surface area contributed by atoms with Crippen LogP contribution in [0, 0.1) is 0 Å². The molecule has 0 aliphatic rings. The average Bonchev–Trinajstić information content (AvgIpc) is 2.65. The highest BCUT2D eigenvalue weighted by molar-refractivity contribution is 5.96. The number of nitrogens with one attached hydrogen (secondary N) is 1. The first-order chi connectivity index (χ1) is 12.1. The molecule has 0 saturated heterocycles. The highest BCUT2D eigenvalue weighted by atomic mass is 16.5. The SMILES string of the molecule is COc1ccc(CNC(=O)c2cc3ccc(OC)cc3oc2=O)cc1. The number of fused-ring (bicyclic) bond motifs is 1. The Balaban J connectivity index is 1.79. The normalized spacial score (nSPS) is 10.5. The molecule has 0 fully saturated rings. The minimum absolute atomic E-state index is 0.0359. The van der Waals surface area contributed by atoms with Gasteiger partial charge in [-0.3, -0.25) is 4.79 Å². The van der Waals surface area contributed by atoms with Gasteiger partial charge in [-0.1, -0.05) is 12.1 Å². The summed E-state index contributed by atoms with van der Waals surface area (Å²) in [6, 6.07) is 13.9. The van der Waals surface area contributed by atoms with Crippen molar-refractivity contribution < 1.29 is 18.7 Å². The van der Waals surface area contributed by atoms with E-state index in [9.17, 15) is 9.59 Å². The lowest BCUT2D eigenvalue weighted by Gasteiger charge is -2.07. The Kier molecular flexibility index (Phi) is 4.70. The summed E-state index contributed by atoms with van der Waals surface area (Å²) < 4.78 is 15.4. The molecule has 2 aromatic carbocycles. The van der Waals surface area contributed by atoms with Gasteiger partial charge in [0.2, 0.25) is 0 Å². The van der Waals surface area contributed by atoms with E-state index < -0.39 is 11.5 Å². The molecule has 1 N–H and O–H groups in total. The highest BCUT2D eigenvalue weighted by Gasteiger charge is 2.14. The molecule has 0 radical (unpaired) electrons. The van der Waals surface area contributed by atoms with E-state index in [1.165, 1.54) is 13.2 Å². The molecule has 0 aliphatic carbocycles. The van der Waals surface area contributed by atoms with Gasteiger partial charge in [0.15, 0.2) is 0 Å². The summed E-state index contributed by atoms with van der Waals surface area (Å²) in [4.78, 5) is 24.4. The van der Waals surface area contributed by atoms with Crippen LogP contribution in [0.3, 0.4) is 0 Å². The van der Waals surface area contributed by atoms with Crippen molar-refractivity contribution in [2.75, 3.05) is 14.2 Å². The van der Waals surface area contributed by atoms with Gasteiger partial charge in [0.05, 0.1) is 14.2 Å². The Morgan fingerprint density at radius 1 is 1.00 bits per heavy atom. The quantitative estimate of drug-likeness (QED) is 0.723. The van der Waals surface area contributed by atoms with E-state index in [-0.39, 0.29) is 5.56 Å². The maximum absolute atomic E-state index is 12.3. The summed E-state index contributed by atoms with van der Waals surface area (Å²) in [6.07, 6.45) is 0. The molecule has 25 heavy (non-hydrogen) atoms. The number of hydrogen-bond acceptors (Lipinski definition) is 5. The zero-order valence-corrected chi connectivity index (χ0v) is 13.9. The molecule has 1 heterocycles. The van der Waals surface area contributed by atoms with E-state index in [0.717, 1.165) is 11.3 Å². The molecule has 0 atom stereocenters. The number of carbonyl (C=O) groups is 1. The van der Waals surface area contributed by atoms with Gasteiger partial charge < -0.3 is 19.2 Å². The van der Waals surface area contributed by atoms with Crippen LogP contribution in [0.15, 0.2) is 57.7 Å². The standard InChI is InChI=1S/C19H17NO5/c1-23-14-6-3-12(4-7-14)11-20-18(21)16-9-13-5-8-15(24-2)10-17(13)25-19(16)22/h3-10H,11H2,1-2H3,(H,20,21). The van der Waals surface area contributed by atoms with Gasteiger partial charge in [0.25, 0.3) is 5.91 Å². The Labute approximate surface area is 144 Å². The second kappa shape index (κ2) is 7.09. The largest absolute Gasteiger partial charge is 0.497 e. The van der Waals surface area contributed by atoms with Crippen molar-refractivity contribution in [2.45, 2.75) is 6.54 Å². The van der Waals surface area contributed by atoms with E-state index >= 15 is 0 Å². The molecular formula is C19H17NO5. The number of carbonyl (C=O) groups excluding carboxylic acids is 1. The minimum Gasteiger partial charge on any atom is -0.497 e. The molecule has 0 aliphatic heterocycles. The van der Waals surface area contributed by atoms with Gasteiger partial charge >= 0.3 is 5.63 Å². The van der Waals surface area contributed by atoms with Crippen LogP contribution in [0.2, 0.25) is 0 Å². The Morgan fingerprint density at radius 3 is 2.36 bits per heavy atom. The molecular weight excluding hydrogens is 322 g/mol. The average molecular weight is 339 g/mol. The van der Waals surface area contributed by atoms with Crippen LogP contribution in [0.4, 0.5) is 0 Å². The molecule has 3 rings (SSSR count). The molecule has 6 nitrogen and oxygen atoms in total. The smallest absolute Gasteiger partial charge is 0.349 e. The maximum atomic E-state index is 12.3. The van der Waals surface area contributed by atoms with Crippen molar-refractivity contribution in [3.8, 4) is 11.5 Å². The van der Waals surface area contributed by atoms with Gasteiger partial charge in [-0.15, -0.1) is 0 Å². The van der Waals surface area contributed by atoms with Gasteiger partial charge in [-0.25, -0.2) is 4.79 Å². The highest BCUT2D eigenvalue weighted by Crippen LogP contribution is 2.20. The van der Waals surface area contributed by atoms with E-state index in [0.29, 0.717) is 23.3 Å². The van der Waals surface area contributed by atoms with Crippen molar-refractivity contribution in [2.24, 2.45) is 0 Å². The van der Waals surface area contributed by atoms with Gasteiger partial charge in [0.1, 0.15) is 22.6 Å². The van der Waals surface area contributed by atoms with Crippen molar-refractivity contribution in [1.82, 2.24) is 5.32 Å². The number of rotatable bonds is 5. The van der Waals surface area contributed by atoms with Gasteiger partial charge in [-0.2, -0.15) is 0 Å². The van der Waals surface area contributed by atoms with Crippen molar-refractivity contribution in [3.63, 3.8) is 0 Å². The zero-order chi connectivity index (χ0) is 17.8. The fourth-order valence-electron chi connectivity index (χ4n) is 2.40. The first-order valence-corrected chi connectivity index (χ1v) is 7.64. The van der Waals surface area contributed by atoms with Crippen molar-refractivity contribution >= 4 is 16.9 Å². The third-order valence-corrected chi connectivity index (χ3v) is 3.80. The second-order valence-electron chi connectivity index (χ2n) is 5.38. The van der Waals surface area contributed by atoms with Crippen LogP contribution in [-0.4, -0.2) is 20.1 Å². The topological polar surface area (TPSA) is 77.8 Å². The third kappa shape index (κ3) is 3.63. The maximum Gasteiger partial charge on any atom is 0.349 e. The van der Waals surface area contributed by atoms with Crippen molar-refractivity contribution in [3.05, 3.63) is 70.1 Å². The third-order valence-electron chi connectivity index (χ3n) is 3.80. The Morgan fingerprint density at radius 2 is 1.68 bits per heavy atom. The molecule has 0 unspecified atom stereocenters. The fraction of sp³-hybridized carbons (Fsp3) is 0.158. The lowest BCUT2D eigenvalue weighted by Crippen LogP contribution is -2.27. The molecule has 1 amide bonds. The van der Waals surface area contributed by atoms with Crippen LogP contribution >= 0.6 is 0 Å². The van der Waals surface area contributed by atoms with E-state index in [1.54, 1.807) is 37.4 Å². The zero-order valence-electron chi connectivity index (χ0n) is 13.9. The van der Waals surface area contributed by atoms with Crippen LogP contribution in [0.25, 0.3) is 11.0 Å². The lowest BCUT2D eigenvalue weighted by molar-refractivity contribution is 0.0947. The van der Waals surface area contributed by atoms with E-state index in [1.807, 2.05) is 12.1 Å². The molecule has 1 aromatic heterocycles. The van der Waals surface area contributed by atoms with Crippen LogP contribution in [0.5, 0.6) is 11.5 Å². The number of methoxy groups -OCH3 is 2. The first kappa shape index (κ1) is 16.6. The summed E-state index contributed by atoms with van der Waals surface area (Å²) in [5.41, 5.74) is 0.541. The van der Waals surface area contributed by atoms with Gasteiger partial charge in [-0.05, 0) is 35.9 Å². The predicted octanol–water partition coefficient (Wildman–Crippen LogP) is 2.74. The summed E-state index contributed by atoms with van der Waals surface area (Å²) >= 11 is 0. The fourth-order valence-corrected chi connectivity index (χ4v) is 2.40. The van der Waals surface area contributed by atoms with E-state index in [4.69, 9.17) is 13.9 Å². The molecule has 128 valence electrons. The summed E-state index contributed by atoms with van der Waals surface area (Å²) in [5.74, 6) is 0.829. The Hall–Kier alpha value is -3.28. The molecule has 0 bridgehead atoms. The summed E-state index contributed by atoms with van der Waals surface area (Å²) in [5, 5.41) is 3.36. The lowest BCUT2D eigenvalue weighted by atomic mass is 10.1. The predicted molar refractivity (Wildman–Crippen MR) is 93.2 cm³/mol. The minimum atomic E-state index is -0.687. The number of amides is 1. The number of ether oxygens (including phenoxy) is 2. The van der Waals surface area contributed by atoms with Crippen molar-refractivity contribution in [1.29, 1.82) is 0 Å².